The van der Waals surface area contributed by atoms with Crippen LogP contribution in [0.2, 0.25) is 0 Å². The Balaban J connectivity index is 1.13. The molecule has 1 amide bonds. The number of H-pyrrole nitrogens is 1. The van der Waals surface area contributed by atoms with E-state index in [-0.39, 0.29) is 11.9 Å². The first-order valence-electron chi connectivity index (χ1n) is 16.8. The number of aliphatic hydroxyl groups is 1. The molecule has 1 saturated heterocycles. The number of nitrogens with one attached hydrogen (secondary N) is 2. The third kappa shape index (κ3) is 6.93. The number of anilines is 1. The van der Waals surface area contributed by atoms with E-state index in [1.165, 1.54) is 12.3 Å². The van der Waals surface area contributed by atoms with E-state index in [0.717, 1.165) is 30.8 Å². The zero-order chi connectivity index (χ0) is 37.2. The van der Waals surface area contributed by atoms with Crippen molar-refractivity contribution in [3.05, 3.63) is 130 Å². The zero-order valence-corrected chi connectivity index (χ0v) is 28.7. The number of hydrogen-bond acceptors (Lipinski definition) is 8. The van der Waals surface area contributed by atoms with Crippen LogP contribution in [0, 0.1) is 11.6 Å². The molecule has 3 heterocycles. The SMILES string of the molecule is CC([C@H](NC(=O)c1ccccc1)[C@H](C)O)N1CCN(c2ccc(-c3ccc(C(F)(F)[C@@](C)(c4ccc(F)cc4F)n4nn[nH]c4=O)nc3)cc2)CC1. The van der Waals surface area contributed by atoms with Gasteiger partial charge in [-0.05, 0) is 73.2 Å². The molecule has 11 nitrogen and oxygen atoms in total. The average Bonchev–Trinajstić information content (AvgIpc) is 3.59. The van der Waals surface area contributed by atoms with Crippen LogP contribution in [0.3, 0.4) is 0 Å². The van der Waals surface area contributed by atoms with E-state index in [4.69, 9.17) is 0 Å². The fraction of sp³-hybridized carbons (Fsp3) is 0.324. The summed E-state index contributed by atoms with van der Waals surface area (Å²) in [6.07, 6.45) is 0.504. The maximum atomic E-state index is 16.4. The minimum absolute atomic E-state index is 0.121. The number of hydrogen-bond donors (Lipinski definition) is 3. The number of aromatic amines is 1. The van der Waals surface area contributed by atoms with Gasteiger partial charge in [-0.1, -0.05) is 42.5 Å². The van der Waals surface area contributed by atoms with Crippen molar-refractivity contribution >= 4 is 11.6 Å². The summed E-state index contributed by atoms with van der Waals surface area (Å²) < 4.78 is 61.8. The van der Waals surface area contributed by atoms with Gasteiger partial charge in [0, 0.05) is 66.9 Å². The molecule has 1 aliphatic rings. The first kappa shape index (κ1) is 36.4. The van der Waals surface area contributed by atoms with Crippen LogP contribution in [-0.2, 0) is 11.5 Å². The number of rotatable bonds is 11. The van der Waals surface area contributed by atoms with Gasteiger partial charge in [0.05, 0.1) is 12.1 Å². The molecule has 0 spiro atoms. The quantitative estimate of drug-likeness (QED) is 0.170. The first-order valence-corrected chi connectivity index (χ1v) is 16.8. The second kappa shape index (κ2) is 14.7. The van der Waals surface area contributed by atoms with Crippen LogP contribution in [0.25, 0.3) is 11.1 Å². The number of carbonyl (C=O) groups is 1. The number of aliphatic hydroxyl groups excluding tert-OH is 1. The Morgan fingerprint density at radius 1 is 0.923 bits per heavy atom. The van der Waals surface area contributed by atoms with Crippen molar-refractivity contribution in [2.24, 2.45) is 0 Å². The zero-order valence-electron chi connectivity index (χ0n) is 28.7. The summed E-state index contributed by atoms with van der Waals surface area (Å²) in [4.78, 5) is 33.8. The maximum Gasteiger partial charge on any atom is 0.362 e. The standard InChI is InChI=1S/C37H38F4N8O3/c1-23(33(24(2)50)43-34(51)26-7-5-4-6-8-26)47-17-19-48(20-18-47)29-13-9-25(10-14-29)27-11-16-32(42-22-27)37(40,41)36(3,49-35(52)44-45-46-49)30-15-12-28(38)21-31(30)39/h4-16,21-24,33,50H,17-20H2,1-3H3,(H,43,51)(H,44,46,52)/t23?,24-,33-,36+/m0/s1. The summed E-state index contributed by atoms with van der Waals surface area (Å²) in [6.45, 7) is 7.40. The number of amides is 1. The normalized spacial score (nSPS) is 16.9. The predicted octanol–water partition coefficient (Wildman–Crippen LogP) is 4.55. The predicted molar refractivity (Wildman–Crippen MR) is 186 cm³/mol. The Kier molecular flexibility index (Phi) is 10.3. The second-order valence-electron chi connectivity index (χ2n) is 13.0. The summed E-state index contributed by atoms with van der Waals surface area (Å²) in [7, 11) is 0. The molecule has 15 heteroatoms. The fourth-order valence-electron chi connectivity index (χ4n) is 6.74. The molecular weight excluding hydrogens is 680 g/mol. The second-order valence-corrected chi connectivity index (χ2v) is 13.0. The van der Waals surface area contributed by atoms with Gasteiger partial charge in [-0.2, -0.15) is 13.5 Å². The van der Waals surface area contributed by atoms with Crippen molar-refractivity contribution in [2.45, 2.75) is 50.4 Å². The Labute approximate surface area is 296 Å². The van der Waals surface area contributed by atoms with Crippen LogP contribution in [0.15, 0.2) is 95.9 Å². The highest BCUT2D eigenvalue weighted by Crippen LogP contribution is 2.47. The number of pyridine rings is 1. The number of piperazine rings is 1. The third-order valence-corrected chi connectivity index (χ3v) is 9.88. The van der Waals surface area contributed by atoms with Gasteiger partial charge in [0.2, 0.25) is 0 Å². The summed E-state index contributed by atoms with van der Waals surface area (Å²) in [5, 5.41) is 22.3. The monoisotopic (exact) mass is 718 g/mol. The lowest BCUT2D eigenvalue weighted by Gasteiger charge is -2.42. The highest BCUT2D eigenvalue weighted by Gasteiger charge is 2.58. The van der Waals surface area contributed by atoms with Crippen molar-refractivity contribution < 1.29 is 27.5 Å². The number of tetrazole rings is 1. The van der Waals surface area contributed by atoms with E-state index in [0.29, 0.717) is 53.6 Å². The molecule has 52 heavy (non-hydrogen) atoms. The fourth-order valence-corrected chi connectivity index (χ4v) is 6.74. The van der Waals surface area contributed by atoms with Crippen LogP contribution < -0.4 is 15.9 Å². The van der Waals surface area contributed by atoms with Gasteiger partial charge in [0.25, 0.3) is 5.91 Å². The van der Waals surface area contributed by atoms with E-state index >= 15 is 8.78 Å². The van der Waals surface area contributed by atoms with E-state index in [9.17, 15) is 23.5 Å². The summed E-state index contributed by atoms with van der Waals surface area (Å²) in [6, 6.07) is 20.5. The van der Waals surface area contributed by atoms with Gasteiger partial charge in [0.15, 0.2) is 5.54 Å². The van der Waals surface area contributed by atoms with Crippen LogP contribution in [0.1, 0.15) is 42.4 Å². The van der Waals surface area contributed by atoms with Gasteiger partial charge in [-0.3, -0.25) is 14.7 Å². The number of halogens is 4. The average molecular weight is 719 g/mol. The van der Waals surface area contributed by atoms with Gasteiger partial charge in [0.1, 0.15) is 17.3 Å². The summed E-state index contributed by atoms with van der Waals surface area (Å²) >= 11 is 0. The van der Waals surface area contributed by atoms with Crippen LogP contribution in [0.4, 0.5) is 23.2 Å². The lowest BCUT2D eigenvalue weighted by Crippen LogP contribution is -2.59. The van der Waals surface area contributed by atoms with Crippen molar-refractivity contribution in [2.75, 3.05) is 31.1 Å². The molecule has 2 aromatic heterocycles. The molecule has 4 atom stereocenters. The maximum absolute atomic E-state index is 16.4. The van der Waals surface area contributed by atoms with Crippen molar-refractivity contribution in [1.29, 1.82) is 0 Å². The van der Waals surface area contributed by atoms with E-state index in [1.54, 1.807) is 31.2 Å². The Morgan fingerprint density at radius 3 is 2.17 bits per heavy atom. The van der Waals surface area contributed by atoms with Gasteiger partial charge >= 0.3 is 11.6 Å². The molecule has 0 saturated carbocycles. The van der Waals surface area contributed by atoms with Gasteiger partial charge in [-0.25, -0.2) is 18.7 Å². The van der Waals surface area contributed by atoms with Crippen LogP contribution >= 0.6 is 0 Å². The van der Waals surface area contributed by atoms with E-state index < -0.39 is 52.2 Å². The molecule has 272 valence electrons. The molecule has 0 radical (unpaired) electrons. The number of nitrogens with zero attached hydrogens (tertiary/aromatic N) is 6. The van der Waals surface area contributed by atoms with Crippen molar-refractivity contribution in [1.82, 2.24) is 35.4 Å². The molecule has 1 aliphatic heterocycles. The molecule has 6 rings (SSSR count). The lowest BCUT2D eigenvalue weighted by molar-refractivity contribution is -0.104. The summed E-state index contributed by atoms with van der Waals surface area (Å²) in [5.41, 5.74) is -2.57. The van der Waals surface area contributed by atoms with Crippen molar-refractivity contribution in [3.8, 4) is 11.1 Å². The number of aromatic nitrogens is 5. The molecular formula is C37H38F4N8O3. The molecule has 1 fully saturated rings. The largest absolute Gasteiger partial charge is 0.391 e. The molecule has 1 unspecified atom stereocenters. The highest BCUT2D eigenvalue weighted by molar-refractivity contribution is 5.94. The minimum Gasteiger partial charge on any atom is -0.391 e. The Hall–Kier alpha value is -5.41. The van der Waals surface area contributed by atoms with E-state index in [2.05, 4.69) is 30.5 Å². The Bertz CT molecular complexity index is 2050. The minimum atomic E-state index is -4.02. The highest BCUT2D eigenvalue weighted by atomic mass is 19.3. The lowest BCUT2D eigenvalue weighted by atomic mass is 9.83. The van der Waals surface area contributed by atoms with E-state index in [1.807, 2.05) is 42.4 Å². The van der Waals surface area contributed by atoms with Crippen LogP contribution in [-0.4, -0.2) is 85.5 Å². The third-order valence-electron chi connectivity index (χ3n) is 9.88. The molecule has 3 N–H and O–H groups in total. The number of alkyl halides is 2. The summed E-state index contributed by atoms with van der Waals surface area (Å²) in [5.74, 6) is -6.52. The number of carbonyl (C=O) groups excluding carboxylic acids is 1. The topological polar surface area (TPSA) is 132 Å². The smallest absolute Gasteiger partial charge is 0.362 e. The molecule has 0 bridgehead atoms. The first-order chi connectivity index (χ1) is 24.8. The molecule has 3 aromatic carbocycles. The van der Waals surface area contributed by atoms with Crippen molar-refractivity contribution in [3.63, 3.8) is 0 Å². The van der Waals surface area contributed by atoms with Gasteiger partial charge in [-0.15, -0.1) is 0 Å². The van der Waals surface area contributed by atoms with Gasteiger partial charge < -0.3 is 15.3 Å². The Morgan fingerprint density at radius 2 is 1.60 bits per heavy atom. The van der Waals surface area contributed by atoms with Crippen LogP contribution in [0.5, 0.6) is 0 Å². The molecule has 0 aliphatic carbocycles. The number of benzene rings is 3. The molecule has 5 aromatic rings.